The number of methoxy groups -OCH3 is 1. The number of benzene rings is 2. The van der Waals surface area contributed by atoms with Gasteiger partial charge in [0.1, 0.15) is 0 Å². The molecule has 2 atom stereocenters. The van der Waals surface area contributed by atoms with E-state index in [1.54, 1.807) is 53.5 Å². The number of rotatable bonds is 6. The molecule has 0 unspecified atom stereocenters. The van der Waals surface area contributed by atoms with Gasteiger partial charge < -0.3 is 30.3 Å². The van der Waals surface area contributed by atoms with Gasteiger partial charge in [0, 0.05) is 68.4 Å². The molecule has 12 heteroatoms. The molecule has 0 saturated carbocycles. The summed E-state index contributed by atoms with van der Waals surface area (Å²) in [5.41, 5.74) is 3.17. The monoisotopic (exact) mass is 587 g/mol. The fourth-order valence-electron chi connectivity index (χ4n) is 5.79. The van der Waals surface area contributed by atoms with Crippen LogP contribution in [0.5, 0.6) is 5.75 Å². The number of fused-ring (bicyclic) bond motifs is 1. The fraction of sp³-hybridized carbons (Fsp3) is 0.355. The first kappa shape index (κ1) is 28.6. The molecule has 43 heavy (non-hydrogen) atoms. The molecule has 2 amide bonds. The Morgan fingerprint density at radius 3 is 2.56 bits per heavy atom. The zero-order valence-electron chi connectivity index (χ0n) is 24.3. The quantitative estimate of drug-likeness (QED) is 0.315. The molecule has 3 N–H and O–H groups in total. The smallest absolute Gasteiger partial charge is 0.254 e. The van der Waals surface area contributed by atoms with Gasteiger partial charge in [-0.25, -0.2) is 14.4 Å². The van der Waals surface area contributed by atoms with Crippen molar-refractivity contribution in [2.75, 3.05) is 45.2 Å². The van der Waals surface area contributed by atoms with E-state index >= 15 is 0 Å². The fourth-order valence-corrected chi connectivity index (χ4v) is 5.79. The van der Waals surface area contributed by atoms with Crippen molar-refractivity contribution in [3.05, 3.63) is 71.9 Å². The Morgan fingerprint density at radius 1 is 1.12 bits per heavy atom. The molecule has 4 aromatic rings. The Morgan fingerprint density at radius 2 is 1.88 bits per heavy atom. The summed E-state index contributed by atoms with van der Waals surface area (Å²) < 4.78 is 21.2. The minimum Gasteiger partial charge on any atom is -0.494 e. The number of nitrogens with zero attached hydrogens (tertiary/aromatic N) is 5. The summed E-state index contributed by atoms with van der Waals surface area (Å²) in [7, 11) is 1.42. The summed E-state index contributed by atoms with van der Waals surface area (Å²) in [6.07, 6.45) is 5.45. The van der Waals surface area contributed by atoms with E-state index in [1.165, 1.54) is 13.2 Å². The molecule has 0 bridgehead atoms. The summed E-state index contributed by atoms with van der Waals surface area (Å²) in [4.78, 5) is 38.8. The van der Waals surface area contributed by atoms with Crippen LogP contribution in [0.3, 0.4) is 0 Å². The van der Waals surface area contributed by atoms with Crippen LogP contribution in [0.25, 0.3) is 16.9 Å². The molecule has 2 aromatic carbocycles. The van der Waals surface area contributed by atoms with Gasteiger partial charge in [-0.2, -0.15) is 0 Å². The number of amides is 2. The Balaban J connectivity index is 1.13. The molecular formula is C31H34FN7O4. The van der Waals surface area contributed by atoms with Crippen molar-refractivity contribution >= 4 is 29.0 Å². The van der Waals surface area contributed by atoms with Crippen LogP contribution in [0, 0.1) is 12.7 Å². The second-order valence-corrected chi connectivity index (χ2v) is 11.4. The second kappa shape index (κ2) is 11.3. The third kappa shape index (κ3) is 5.63. The number of imidazole rings is 1. The molecule has 224 valence electrons. The average molecular weight is 588 g/mol. The van der Waals surface area contributed by atoms with Gasteiger partial charge in [-0.1, -0.05) is 0 Å². The van der Waals surface area contributed by atoms with E-state index in [1.807, 2.05) is 23.5 Å². The number of aryl methyl sites for hydroxylation is 1. The van der Waals surface area contributed by atoms with Gasteiger partial charge in [0.05, 0.1) is 30.6 Å². The Bertz CT molecular complexity index is 1700. The Labute approximate surface area is 248 Å². The summed E-state index contributed by atoms with van der Waals surface area (Å²) in [6, 6.07) is 9.87. The average Bonchev–Trinajstić information content (AvgIpc) is 3.60. The van der Waals surface area contributed by atoms with E-state index in [9.17, 15) is 19.1 Å². The number of aromatic nitrogens is 3. The predicted molar refractivity (Wildman–Crippen MR) is 159 cm³/mol. The molecule has 2 fully saturated rings. The largest absolute Gasteiger partial charge is 0.494 e. The van der Waals surface area contributed by atoms with Crippen LogP contribution in [0.2, 0.25) is 0 Å². The number of hydrogen-bond donors (Lipinski definition) is 3. The zero-order valence-corrected chi connectivity index (χ0v) is 24.3. The molecule has 0 aliphatic carbocycles. The first-order chi connectivity index (χ1) is 20.6. The van der Waals surface area contributed by atoms with Gasteiger partial charge in [0.2, 0.25) is 5.91 Å². The lowest BCUT2D eigenvalue weighted by molar-refractivity contribution is -0.134. The van der Waals surface area contributed by atoms with Gasteiger partial charge in [-0.05, 0) is 55.8 Å². The molecule has 2 aliphatic heterocycles. The van der Waals surface area contributed by atoms with E-state index in [4.69, 9.17) is 4.74 Å². The normalized spacial score (nSPS) is 20.4. The van der Waals surface area contributed by atoms with E-state index in [0.29, 0.717) is 67.4 Å². The SMILES string of the molecule is COc1ccc(-c2cnc3c(Nc4ccc(C(=O)N5CCN(C(=O)[C@@H]6C[C@@](C)(O)CN6)CC5)c(C)c4)nccn23)cc1F. The van der Waals surface area contributed by atoms with Crippen LogP contribution in [0.15, 0.2) is 55.0 Å². The molecule has 2 saturated heterocycles. The number of ether oxygens (including phenoxy) is 1. The number of anilines is 2. The van der Waals surface area contributed by atoms with Crippen LogP contribution < -0.4 is 15.4 Å². The van der Waals surface area contributed by atoms with Crippen molar-refractivity contribution in [1.82, 2.24) is 29.5 Å². The highest BCUT2D eigenvalue weighted by Gasteiger charge is 2.39. The van der Waals surface area contributed by atoms with Gasteiger partial charge in [-0.15, -0.1) is 0 Å². The van der Waals surface area contributed by atoms with Crippen LogP contribution in [0.1, 0.15) is 29.3 Å². The second-order valence-electron chi connectivity index (χ2n) is 11.4. The third-order valence-corrected chi connectivity index (χ3v) is 8.14. The molecule has 0 spiro atoms. The van der Waals surface area contributed by atoms with E-state index < -0.39 is 11.4 Å². The maximum Gasteiger partial charge on any atom is 0.254 e. The molecule has 2 aliphatic rings. The van der Waals surface area contributed by atoms with Gasteiger partial charge in [0.25, 0.3) is 5.91 Å². The number of piperazine rings is 1. The third-order valence-electron chi connectivity index (χ3n) is 8.14. The number of carbonyl (C=O) groups is 2. The van der Waals surface area contributed by atoms with Gasteiger partial charge in [-0.3, -0.25) is 14.0 Å². The van der Waals surface area contributed by atoms with Gasteiger partial charge in [0.15, 0.2) is 23.0 Å². The lowest BCUT2D eigenvalue weighted by Gasteiger charge is -2.36. The molecule has 0 radical (unpaired) electrons. The molecule has 11 nitrogen and oxygen atoms in total. The molecule has 2 aromatic heterocycles. The number of hydrogen-bond acceptors (Lipinski definition) is 8. The molecule has 4 heterocycles. The topological polar surface area (TPSA) is 124 Å². The molecule has 6 rings (SSSR count). The summed E-state index contributed by atoms with van der Waals surface area (Å²) >= 11 is 0. The predicted octanol–water partition coefficient (Wildman–Crippen LogP) is 2.99. The minimum absolute atomic E-state index is 0.0270. The van der Waals surface area contributed by atoms with E-state index in [0.717, 1.165) is 11.3 Å². The zero-order chi connectivity index (χ0) is 30.3. The first-order valence-corrected chi connectivity index (χ1v) is 14.2. The van der Waals surface area contributed by atoms with Crippen LogP contribution in [0.4, 0.5) is 15.9 Å². The van der Waals surface area contributed by atoms with Crippen molar-refractivity contribution in [2.24, 2.45) is 0 Å². The number of β-amino-alcohol motifs (C(OH)–C–C–N with tert-alkyl or cyclic N) is 1. The first-order valence-electron chi connectivity index (χ1n) is 14.2. The Kier molecular flexibility index (Phi) is 7.49. The van der Waals surface area contributed by atoms with Crippen molar-refractivity contribution in [1.29, 1.82) is 0 Å². The van der Waals surface area contributed by atoms with Crippen molar-refractivity contribution in [3.63, 3.8) is 0 Å². The van der Waals surface area contributed by atoms with Crippen molar-refractivity contribution in [2.45, 2.75) is 31.9 Å². The summed E-state index contributed by atoms with van der Waals surface area (Å²) in [6.45, 7) is 5.80. The maximum atomic E-state index is 14.4. The lowest BCUT2D eigenvalue weighted by Crippen LogP contribution is -2.54. The standard InChI is InChI=1S/C31H34FN7O4/c1-19-14-21(36-27-28-34-17-25(39(28)9-8-33-27)20-4-7-26(43-3)23(32)15-20)5-6-22(19)29(40)37-10-12-38(13-11-37)30(41)24-16-31(2,42)18-35-24/h4-9,14-15,17,24,35,42H,10-13,16,18H2,1-3H3,(H,33,36)/t24-,31+/m0/s1. The highest BCUT2D eigenvalue weighted by molar-refractivity contribution is 5.96. The van der Waals surface area contributed by atoms with Crippen LogP contribution >= 0.6 is 0 Å². The highest BCUT2D eigenvalue weighted by Crippen LogP contribution is 2.29. The summed E-state index contributed by atoms with van der Waals surface area (Å²) in [5.74, 6) is 0.118. The van der Waals surface area contributed by atoms with Gasteiger partial charge >= 0.3 is 0 Å². The molecular weight excluding hydrogens is 553 g/mol. The van der Waals surface area contributed by atoms with Crippen LogP contribution in [-0.2, 0) is 4.79 Å². The lowest BCUT2D eigenvalue weighted by atomic mass is 10.0. The Hall–Kier alpha value is -4.55. The number of halogens is 1. The van der Waals surface area contributed by atoms with E-state index in [-0.39, 0.29) is 23.6 Å². The number of nitrogens with one attached hydrogen (secondary N) is 2. The number of aliphatic hydroxyl groups is 1. The number of carbonyl (C=O) groups excluding carboxylic acids is 2. The summed E-state index contributed by atoms with van der Waals surface area (Å²) in [5, 5.41) is 16.6. The van der Waals surface area contributed by atoms with Crippen molar-refractivity contribution < 1.29 is 23.8 Å². The van der Waals surface area contributed by atoms with Crippen molar-refractivity contribution in [3.8, 4) is 17.0 Å². The highest BCUT2D eigenvalue weighted by atomic mass is 19.1. The van der Waals surface area contributed by atoms with E-state index in [2.05, 4.69) is 20.6 Å². The van der Waals surface area contributed by atoms with Crippen LogP contribution in [-0.4, -0.2) is 92.6 Å². The minimum atomic E-state index is -0.876. The maximum absolute atomic E-state index is 14.4.